The van der Waals surface area contributed by atoms with Gasteiger partial charge in [0, 0.05) is 0 Å². The fourth-order valence-corrected chi connectivity index (χ4v) is 0.829. The third kappa shape index (κ3) is 2.56. The molecule has 0 aliphatic carbocycles. The normalized spacial score (nSPS) is 9.50. The molecule has 0 spiro atoms. The number of hydrogen-bond donors (Lipinski definition) is 2. The number of esters is 1. The monoisotopic (exact) mass is 196 g/mol. The molecule has 1 aromatic carbocycles. The minimum absolute atomic E-state index is 0.105. The highest BCUT2D eigenvalue weighted by molar-refractivity contribution is 5.87. The van der Waals surface area contributed by atoms with Gasteiger partial charge in [-0.2, -0.15) is 0 Å². The Balaban J connectivity index is 2.73. The van der Waals surface area contributed by atoms with Gasteiger partial charge in [-0.1, -0.05) is 0 Å². The van der Waals surface area contributed by atoms with E-state index in [1.165, 1.54) is 24.3 Å². The van der Waals surface area contributed by atoms with Crippen molar-refractivity contribution in [1.82, 2.24) is 0 Å². The fourth-order valence-electron chi connectivity index (χ4n) is 0.829. The molecule has 0 fully saturated rings. The van der Waals surface area contributed by atoms with Crippen LogP contribution in [0.15, 0.2) is 24.3 Å². The smallest absolute Gasteiger partial charge is 0.337 e. The molecule has 0 heterocycles. The van der Waals surface area contributed by atoms with E-state index in [0.717, 1.165) is 0 Å². The molecule has 1 rings (SSSR count). The summed E-state index contributed by atoms with van der Waals surface area (Å²) in [4.78, 5) is 21.1. The van der Waals surface area contributed by atoms with Gasteiger partial charge in [-0.05, 0) is 24.3 Å². The lowest BCUT2D eigenvalue weighted by Crippen LogP contribution is -2.12. The van der Waals surface area contributed by atoms with E-state index >= 15 is 0 Å². The lowest BCUT2D eigenvalue weighted by Gasteiger charge is -2.01. The summed E-state index contributed by atoms with van der Waals surface area (Å²) in [5.74, 6) is -1.63. The number of hydrogen-bond acceptors (Lipinski definition) is 4. The largest absolute Gasteiger partial charge is 0.478 e. The number of aliphatic hydroxyl groups excluding tert-OH is 1. The van der Waals surface area contributed by atoms with Crippen molar-refractivity contribution in [3.63, 3.8) is 0 Å². The zero-order chi connectivity index (χ0) is 10.6. The maximum absolute atomic E-state index is 10.6. The van der Waals surface area contributed by atoms with Gasteiger partial charge in [0.1, 0.15) is 12.4 Å². The van der Waals surface area contributed by atoms with Gasteiger partial charge in [0.15, 0.2) is 0 Å². The van der Waals surface area contributed by atoms with Crippen LogP contribution in [0.1, 0.15) is 10.4 Å². The molecule has 0 amide bonds. The predicted octanol–water partition coefficient (Wildman–Crippen LogP) is 0.283. The number of carboxylic acid groups (broad SMARTS) is 1. The summed E-state index contributed by atoms with van der Waals surface area (Å²) in [5, 5.41) is 16.9. The molecule has 0 radical (unpaired) electrons. The first-order valence-corrected chi connectivity index (χ1v) is 3.78. The van der Waals surface area contributed by atoms with E-state index < -0.39 is 18.5 Å². The molecule has 14 heavy (non-hydrogen) atoms. The van der Waals surface area contributed by atoms with Crippen LogP contribution in [0.3, 0.4) is 0 Å². The maximum Gasteiger partial charge on any atom is 0.337 e. The van der Waals surface area contributed by atoms with Crippen LogP contribution in [0, 0.1) is 0 Å². The number of carbonyl (C=O) groups excluding carboxylic acids is 1. The van der Waals surface area contributed by atoms with Gasteiger partial charge in [0.05, 0.1) is 5.56 Å². The van der Waals surface area contributed by atoms with Crippen LogP contribution in [0.25, 0.3) is 0 Å². The topological polar surface area (TPSA) is 83.8 Å². The number of aromatic carboxylic acids is 1. The average Bonchev–Trinajstić information content (AvgIpc) is 2.18. The summed E-state index contributed by atoms with van der Waals surface area (Å²) in [7, 11) is 0. The fraction of sp³-hybridized carbons (Fsp3) is 0.111. The van der Waals surface area contributed by atoms with Gasteiger partial charge in [-0.3, -0.25) is 0 Å². The molecule has 0 bridgehead atoms. The lowest BCUT2D eigenvalue weighted by atomic mass is 10.2. The van der Waals surface area contributed by atoms with E-state index in [4.69, 9.17) is 10.2 Å². The van der Waals surface area contributed by atoms with Gasteiger partial charge in [0.25, 0.3) is 0 Å². The highest BCUT2D eigenvalue weighted by atomic mass is 16.5. The average molecular weight is 196 g/mol. The van der Waals surface area contributed by atoms with Crippen LogP contribution in [0.5, 0.6) is 5.75 Å². The van der Waals surface area contributed by atoms with Gasteiger partial charge in [0.2, 0.25) is 0 Å². The highest BCUT2D eigenvalue weighted by Gasteiger charge is 2.04. The molecule has 0 aliphatic rings. The first kappa shape index (κ1) is 10.2. The third-order valence-corrected chi connectivity index (χ3v) is 1.46. The van der Waals surface area contributed by atoms with Crippen molar-refractivity contribution in [3.8, 4) is 5.75 Å². The minimum Gasteiger partial charge on any atom is -0.478 e. The van der Waals surface area contributed by atoms with Crippen molar-refractivity contribution < 1.29 is 24.5 Å². The second-order valence-corrected chi connectivity index (χ2v) is 2.46. The Bertz CT molecular complexity index is 341. The maximum atomic E-state index is 10.6. The van der Waals surface area contributed by atoms with Crippen LogP contribution in [-0.4, -0.2) is 28.8 Å². The number of carboxylic acids is 1. The van der Waals surface area contributed by atoms with Crippen LogP contribution >= 0.6 is 0 Å². The Morgan fingerprint density at radius 3 is 2.21 bits per heavy atom. The quantitative estimate of drug-likeness (QED) is 0.536. The van der Waals surface area contributed by atoms with E-state index in [0.29, 0.717) is 0 Å². The molecule has 5 nitrogen and oxygen atoms in total. The zero-order valence-corrected chi connectivity index (χ0v) is 7.14. The molecular weight excluding hydrogens is 188 g/mol. The number of aliphatic hydroxyl groups is 1. The van der Waals surface area contributed by atoms with Crippen molar-refractivity contribution in [3.05, 3.63) is 29.8 Å². The highest BCUT2D eigenvalue weighted by Crippen LogP contribution is 2.12. The van der Waals surface area contributed by atoms with Crippen molar-refractivity contribution >= 4 is 11.9 Å². The molecule has 0 saturated heterocycles. The molecule has 5 heteroatoms. The van der Waals surface area contributed by atoms with E-state index in [-0.39, 0.29) is 11.3 Å². The summed E-state index contributed by atoms with van der Waals surface area (Å²) in [6.45, 7) is -0.708. The van der Waals surface area contributed by atoms with Crippen LogP contribution in [-0.2, 0) is 4.79 Å². The van der Waals surface area contributed by atoms with E-state index in [2.05, 4.69) is 4.74 Å². The SMILES string of the molecule is O=C(CO)Oc1ccc(C(=O)O)cc1. The molecule has 0 unspecified atom stereocenters. The zero-order valence-electron chi connectivity index (χ0n) is 7.14. The van der Waals surface area contributed by atoms with Gasteiger partial charge < -0.3 is 14.9 Å². The molecule has 0 atom stereocenters. The van der Waals surface area contributed by atoms with Crippen molar-refractivity contribution in [2.75, 3.05) is 6.61 Å². The van der Waals surface area contributed by atoms with Crippen molar-refractivity contribution in [2.45, 2.75) is 0 Å². The number of benzene rings is 1. The predicted molar refractivity (Wildman–Crippen MR) is 46.1 cm³/mol. The van der Waals surface area contributed by atoms with Gasteiger partial charge in [-0.25, -0.2) is 9.59 Å². The van der Waals surface area contributed by atoms with Crippen LogP contribution in [0.4, 0.5) is 0 Å². The third-order valence-electron chi connectivity index (χ3n) is 1.46. The lowest BCUT2D eigenvalue weighted by molar-refractivity contribution is -0.137. The molecule has 0 aromatic heterocycles. The first-order chi connectivity index (χ1) is 6.63. The van der Waals surface area contributed by atoms with E-state index in [1.54, 1.807) is 0 Å². The molecule has 1 aromatic rings. The van der Waals surface area contributed by atoms with Crippen LogP contribution < -0.4 is 4.74 Å². The Kier molecular flexibility index (Phi) is 3.19. The molecule has 2 N–H and O–H groups in total. The summed E-state index contributed by atoms with van der Waals surface area (Å²) >= 11 is 0. The second-order valence-electron chi connectivity index (χ2n) is 2.46. The second kappa shape index (κ2) is 4.38. The Morgan fingerprint density at radius 2 is 1.79 bits per heavy atom. The Hall–Kier alpha value is -1.88. The Labute approximate surface area is 79.6 Å². The first-order valence-electron chi connectivity index (χ1n) is 3.78. The van der Waals surface area contributed by atoms with E-state index in [1.807, 2.05) is 0 Å². The van der Waals surface area contributed by atoms with Crippen molar-refractivity contribution in [2.24, 2.45) is 0 Å². The number of carbonyl (C=O) groups is 2. The summed E-state index contributed by atoms with van der Waals surface area (Å²) in [5.41, 5.74) is 0.105. The molecule has 74 valence electrons. The van der Waals surface area contributed by atoms with E-state index in [9.17, 15) is 9.59 Å². The number of rotatable bonds is 3. The summed E-state index contributed by atoms with van der Waals surface area (Å²) < 4.78 is 4.62. The minimum atomic E-state index is -1.05. The number of ether oxygens (including phenoxy) is 1. The molecule has 0 aliphatic heterocycles. The standard InChI is InChI=1S/C9H8O5/c10-5-8(11)14-7-3-1-6(2-4-7)9(12)13/h1-4,10H,5H2,(H,12,13). The summed E-state index contributed by atoms with van der Waals surface area (Å²) in [6.07, 6.45) is 0. The summed E-state index contributed by atoms with van der Waals surface area (Å²) in [6, 6.07) is 5.30. The van der Waals surface area contributed by atoms with Gasteiger partial charge in [-0.15, -0.1) is 0 Å². The molecule has 0 saturated carbocycles. The van der Waals surface area contributed by atoms with Crippen LogP contribution in [0.2, 0.25) is 0 Å². The van der Waals surface area contributed by atoms with Gasteiger partial charge >= 0.3 is 11.9 Å². The Morgan fingerprint density at radius 1 is 1.21 bits per heavy atom. The molecular formula is C9H8O5. The van der Waals surface area contributed by atoms with Crippen molar-refractivity contribution in [1.29, 1.82) is 0 Å².